The van der Waals surface area contributed by atoms with Gasteiger partial charge in [0.25, 0.3) is 0 Å². The second-order valence-electron chi connectivity index (χ2n) is 11.8. The van der Waals surface area contributed by atoms with Crippen molar-refractivity contribution in [2.45, 2.75) is 0 Å². The van der Waals surface area contributed by atoms with Crippen LogP contribution in [0.1, 0.15) is 0 Å². The van der Waals surface area contributed by atoms with Crippen molar-refractivity contribution in [1.82, 2.24) is 0 Å². The number of fused-ring (bicyclic) bond motifs is 1. The summed E-state index contributed by atoms with van der Waals surface area (Å²) in [6, 6.07) is 71.8. The first-order valence-electron chi connectivity index (χ1n) is 16.1. The quantitative estimate of drug-likeness (QED) is 0.176. The molecule has 0 heterocycles. The van der Waals surface area contributed by atoms with Gasteiger partial charge >= 0.3 is 0 Å². The highest BCUT2D eigenvalue weighted by molar-refractivity contribution is 5.97. The number of rotatable bonds is 7. The molecule has 0 aliphatic rings. The summed E-state index contributed by atoms with van der Waals surface area (Å²) < 4.78 is 0. The minimum absolute atomic E-state index is 1.11. The van der Waals surface area contributed by atoms with Gasteiger partial charge in [-0.2, -0.15) is 0 Å². The van der Waals surface area contributed by atoms with Crippen molar-refractivity contribution in [3.63, 3.8) is 0 Å². The molecule has 0 N–H and O–H groups in total. The number of para-hydroxylation sites is 2. The normalized spacial score (nSPS) is 11.0. The SMILES string of the molecule is c1ccc(-c2ccccc2-c2ccccc2-c2ccccc2N(c2ccccc2)c2cccc(-c3ccc4ccccc4c3)c2)cc1. The molecule has 47 heavy (non-hydrogen) atoms. The van der Waals surface area contributed by atoms with Gasteiger partial charge in [-0.15, -0.1) is 0 Å². The average molecular weight is 600 g/mol. The standard InChI is InChI=1S/C46H33N/c1-3-17-35(18-4-1)41-24-9-10-25-42(41)43-26-11-12-27-44(43)45-28-13-14-29-46(45)47(39-21-5-2-6-22-39)40-23-15-20-37(33-40)38-31-30-34-16-7-8-19-36(34)32-38/h1-33H. The fraction of sp³-hybridized carbons (Fsp3) is 0. The third kappa shape index (κ3) is 5.60. The zero-order chi connectivity index (χ0) is 31.4. The van der Waals surface area contributed by atoms with Gasteiger partial charge in [-0.1, -0.05) is 164 Å². The summed E-state index contributed by atoms with van der Waals surface area (Å²) in [6.07, 6.45) is 0. The van der Waals surface area contributed by atoms with E-state index in [-0.39, 0.29) is 0 Å². The molecule has 8 aromatic carbocycles. The van der Waals surface area contributed by atoms with Crippen LogP contribution in [-0.2, 0) is 0 Å². The Labute approximate surface area is 276 Å². The van der Waals surface area contributed by atoms with E-state index in [1.807, 2.05) is 0 Å². The molecule has 8 rings (SSSR count). The Morgan fingerprint density at radius 1 is 0.255 bits per heavy atom. The summed E-state index contributed by atoms with van der Waals surface area (Å²) >= 11 is 0. The van der Waals surface area contributed by atoms with Crippen LogP contribution in [0, 0.1) is 0 Å². The van der Waals surface area contributed by atoms with E-state index in [0.717, 1.165) is 17.1 Å². The second kappa shape index (κ2) is 12.7. The molecule has 0 saturated carbocycles. The fourth-order valence-corrected chi connectivity index (χ4v) is 6.63. The van der Waals surface area contributed by atoms with Crippen molar-refractivity contribution in [2.75, 3.05) is 4.90 Å². The molecule has 1 heteroatoms. The molecular weight excluding hydrogens is 567 g/mol. The van der Waals surface area contributed by atoms with E-state index in [9.17, 15) is 0 Å². The van der Waals surface area contributed by atoms with Crippen molar-refractivity contribution in [1.29, 1.82) is 0 Å². The lowest BCUT2D eigenvalue weighted by atomic mass is 9.88. The number of nitrogens with zero attached hydrogens (tertiary/aromatic N) is 1. The summed E-state index contributed by atoms with van der Waals surface area (Å²) in [5.41, 5.74) is 12.9. The summed E-state index contributed by atoms with van der Waals surface area (Å²) in [4.78, 5) is 2.39. The molecule has 0 atom stereocenters. The van der Waals surface area contributed by atoms with Crippen LogP contribution in [0.4, 0.5) is 17.1 Å². The Bertz CT molecular complexity index is 2300. The predicted octanol–water partition coefficient (Wildman–Crippen LogP) is 13.0. The van der Waals surface area contributed by atoms with E-state index < -0.39 is 0 Å². The van der Waals surface area contributed by atoms with E-state index in [0.29, 0.717) is 0 Å². The number of hydrogen-bond acceptors (Lipinski definition) is 1. The van der Waals surface area contributed by atoms with Crippen LogP contribution in [0.2, 0.25) is 0 Å². The Kier molecular flexibility index (Phi) is 7.63. The molecule has 0 aliphatic heterocycles. The largest absolute Gasteiger partial charge is 0.310 e. The maximum absolute atomic E-state index is 2.39. The van der Waals surface area contributed by atoms with E-state index >= 15 is 0 Å². The predicted molar refractivity (Wildman–Crippen MR) is 200 cm³/mol. The van der Waals surface area contributed by atoms with Crippen molar-refractivity contribution in [2.24, 2.45) is 0 Å². The molecule has 0 unspecified atom stereocenters. The van der Waals surface area contributed by atoms with Crippen molar-refractivity contribution in [3.8, 4) is 44.5 Å². The highest BCUT2D eigenvalue weighted by Gasteiger charge is 2.20. The molecule has 222 valence electrons. The first kappa shape index (κ1) is 28.3. The average Bonchev–Trinajstić information content (AvgIpc) is 3.16. The molecule has 1 nitrogen and oxygen atoms in total. The zero-order valence-electron chi connectivity index (χ0n) is 26.0. The van der Waals surface area contributed by atoms with Gasteiger partial charge in [-0.3, -0.25) is 0 Å². The van der Waals surface area contributed by atoms with Crippen LogP contribution < -0.4 is 4.90 Å². The Morgan fingerprint density at radius 2 is 0.745 bits per heavy atom. The van der Waals surface area contributed by atoms with Crippen LogP contribution in [0.25, 0.3) is 55.3 Å². The monoisotopic (exact) mass is 599 g/mol. The van der Waals surface area contributed by atoms with Crippen LogP contribution in [0.15, 0.2) is 200 Å². The molecule has 0 spiro atoms. The maximum atomic E-state index is 2.39. The van der Waals surface area contributed by atoms with Gasteiger partial charge in [-0.25, -0.2) is 0 Å². The third-order valence-electron chi connectivity index (χ3n) is 8.87. The van der Waals surface area contributed by atoms with Crippen molar-refractivity contribution in [3.05, 3.63) is 200 Å². The minimum Gasteiger partial charge on any atom is -0.310 e. The molecule has 8 aromatic rings. The Morgan fingerprint density at radius 3 is 1.49 bits per heavy atom. The lowest BCUT2D eigenvalue weighted by Gasteiger charge is -2.29. The topological polar surface area (TPSA) is 3.24 Å². The number of benzene rings is 8. The number of anilines is 3. The van der Waals surface area contributed by atoms with Gasteiger partial charge in [0.1, 0.15) is 0 Å². The van der Waals surface area contributed by atoms with Crippen LogP contribution in [-0.4, -0.2) is 0 Å². The maximum Gasteiger partial charge on any atom is 0.0540 e. The van der Waals surface area contributed by atoms with Gasteiger partial charge in [-0.05, 0) is 86.1 Å². The lowest BCUT2D eigenvalue weighted by molar-refractivity contribution is 1.28. The number of hydrogen-bond donors (Lipinski definition) is 0. The first-order chi connectivity index (χ1) is 23.3. The van der Waals surface area contributed by atoms with Crippen molar-refractivity contribution >= 4 is 27.8 Å². The highest BCUT2D eigenvalue weighted by atomic mass is 15.1. The first-order valence-corrected chi connectivity index (χ1v) is 16.1. The van der Waals surface area contributed by atoms with Gasteiger partial charge < -0.3 is 4.90 Å². The summed E-state index contributed by atoms with van der Waals surface area (Å²) in [5.74, 6) is 0. The molecular formula is C46H33N. The van der Waals surface area contributed by atoms with Gasteiger partial charge in [0.05, 0.1) is 5.69 Å². The fourth-order valence-electron chi connectivity index (χ4n) is 6.63. The smallest absolute Gasteiger partial charge is 0.0540 e. The van der Waals surface area contributed by atoms with Gasteiger partial charge in [0.2, 0.25) is 0 Å². The van der Waals surface area contributed by atoms with Crippen molar-refractivity contribution < 1.29 is 0 Å². The summed E-state index contributed by atoms with van der Waals surface area (Å²) in [7, 11) is 0. The third-order valence-corrected chi connectivity index (χ3v) is 8.87. The summed E-state index contributed by atoms with van der Waals surface area (Å²) in [5, 5.41) is 2.49. The molecule has 0 fully saturated rings. The van der Waals surface area contributed by atoms with Crippen LogP contribution in [0.5, 0.6) is 0 Å². The molecule has 0 amide bonds. The molecule has 0 bridgehead atoms. The molecule has 0 radical (unpaired) electrons. The Hall–Kier alpha value is -6.18. The van der Waals surface area contributed by atoms with Crippen LogP contribution >= 0.6 is 0 Å². The van der Waals surface area contributed by atoms with E-state index in [2.05, 4.69) is 205 Å². The Balaban J connectivity index is 1.30. The minimum atomic E-state index is 1.11. The molecule has 0 aliphatic carbocycles. The summed E-state index contributed by atoms with van der Waals surface area (Å²) in [6.45, 7) is 0. The lowest BCUT2D eigenvalue weighted by Crippen LogP contribution is -2.11. The molecule has 0 aromatic heterocycles. The van der Waals surface area contributed by atoms with Gasteiger partial charge in [0, 0.05) is 16.9 Å². The van der Waals surface area contributed by atoms with E-state index in [4.69, 9.17) is 0 Å². The zero-order valence-corrected chi connectivity index (χ0v) is 26.0. The second-order valence-corrected chi connectivity index (χ2v) is 11.8. The van der Waals surface area contributed by atoms with E-state index in [1.54, 1.807) is 0 Å². The molecule has 0 saturated heterocycles. The van der Waals surface area contributed by atoms with Gasteiger partial charge in [0.15, 0.2) is 0 Å². The van der Waals surface area contributed by atoms with E-state index in [1.165, 1.54) is 55.3 Å². The highest BCUT2D eigenvalue weighted by Crippen LogP contribution is 2.45. The van der Waals surface area contributed by atoms with Crippen LogP contribution in [0.3, 0.4) is 0 Å².